The maximum Gasteiger partial charge on any atom is 0.245 e. The van der Waals surface area contributed by atoms with Crippen molar-refractivity contribution in [1.82, 2.24) is 76.3 Å². The van der Waals surface area contributed by atoms with E-state index in [0.29, 0.717) is 55.2 Å². The van der Waals surface area contributed by atoms with E-state index >= 15 is 0 Å². The number of methoxy groups -OCH3 is 4. The van der Waals surface area contributed by atoms with Crippen molar-refractivity contribution >= 4 is 52.7 Å². The van der Waals surface area contributed by atoms with E-state index in [1.807, 2.05) is 197 Å². The number of ether oxygens (including phenoxy) is 5. The maximum absolute atomic E-state index is 11.9. The molecule has 31 nitrogen and oxygen atoms in total. The molecule has 0 aliphatic rings. The highest BCUT2D eigenvalue weighted by Gasteiger charge is 2.35. The third kappa shape index (κ3) is 33.3. The average Bonchev–Trinajstić information content (AvgIpc) is 1.71. The van der Waals surface area contributed by atoms with Crippen molar-refractivity contribution in [3.63, 3.8) is 0 Å². The number of nitrogens with zero attached hydrogens (tertiary/aromatic N) is 10. The molecule has 0 bridgehead atoms. The molecule has 712 valence electrons. The highest BCUT2D eigenvalue weighted by atomic mass is 35.5. The Hall–Kier alpha value is -11.9. The molecule has 0 saturated heterocycles. The van der Waals surface area contributed by atoms with Gasteiger partial charge in [-0.15, -0.1) is 0 Å². The smallest absolute Gasteiger partial charge is 0.245 e. The molecule has 10 atom stereocenters. The number of carbonyl (C=O) groups excluding carboxylic acids is 5. The fourth-order valence-corrected chi connectivity index (χ4v) is 15.8. The molecule has 0 aliphatic heterocycles. The summed E-state index contributed by atoms with van der Waals surface area (Å²) in [5.41, 5.74) is 25.0. The van der Waals surface area contributed by atoms with Crippen LogP contribution < -0.4 is 27.4 Å². The van der Waals surface area contributed by atoms with E-state index in [1.165, 1.54) is 16.7 Å². The van der Waals surface area contributed by atoms with E-state index in [-0.39, 0.29) is 92.6 Å². The van der Waals surface area contributed by atoms with Crippen LogP contribution in [0.25, 0.3) is 11.4 Å². The Morgan fingerprint density at radius 3 is 1.03 bits per heavy atom. The Balaban J connectivity index is 0.000000205. The fourth-order valence-electron chi connectivity index (χ4n) is 15.5. The first-order valence-corrected chi connectivity index (χ1v) is 44.8. The van der Waals surface area contributed by atoms with Crippen LogP contribution in [0.3, 0.4) is 0 Å². The van der Waals surface area contributed by atoms with Gasteiger partial charge in [0.05, 0.1) is 96.8 Å². The van der Waals surface area contributed by atoms with Gasteiger partial charge in [0.15, 0.2) is 0 Å². The Bertz CT molecular complexity index is 5260. The van der Waals surface area contributed by atoms with Crippen molar-refractivity contribution in [2.45, 2.75) is 198 Å². The van der Waals surface area contributed by atoms with Crippen molar-refractivity contribution in [3.05, 3.63) is 326 Å². The lowest BCUT2D eigenvalue weighted by Crippen LogP contribution is -2.33. The van der Waals surface area contributed by atoms with Gasteiger partial charge in [0.25, 0.3) is 0 Å². The van der Waals surface area contributed by atoms with Crippen LogP contribution in [-0.2, 0) is 86.8 Å². The third-order valence-corrected chi connectivity index (χ3v) is 23.3. The van der Waals surface area contributed by atoms with Gasteiger partial charge >= 0.3 is 0 Å². The molecule has 5 amide bonds. The Morgan fingerprint density at radius 1 is 0.383 bits per heavy atom. The number of amides is 5. The summed E-state index contributed by atoms with van der Waals surface area (Å²) >= 11 is 12.0. The predicted octanol–water partition coefficient (Wildman–Crippen LogP) is 15.6. The van der Waals surface area contributed by atoms with Gasteiger partial charge < -0.3 is 28.8 Å². The summed E-state index contributed by atoms with van der Waals surface area (Å²) in [7, 11) is 8.18. The number of aryl methyl sites for hydroxylation is 5. The first-order chi connectivity index (χ1) is 64.1. The van der Waals surface area contributed by atoms with Gasteiger partial charge in [-0.05, 0) is 201 Å². The van der Waals surface area contributed by atoms with Crippen LogP contribution in [0.4, 0.5) is 0 Å². The zero-order valence-electron chi connectivity index (χ0n) is 77.6. The number of rotatable bonds is 42. The van der Waals surface area contributed by atoms with Crippen LogP contribution in [0.1, 0.15) is 187 Å². The summed E-state index contributed by atoms with van der Waals surface area (Å²) in [6, 6.07) is 69.8. The number of para-hydroxylation sites is 2. The molecule has 33 heteroatoms. The molecule has 12 rings (SSSR count). The van der Waals surface area contributed by atoms with E-state index in [1.54, 1.807) is 74.4 Å². The summed E-state index contributed by atoms with van der Waals surface area (Å²) in [4.78, 5) is 58.9. The maximum atomic E-state index is 11.9. The number of aromatic nitrogens is 10. The molecule has 0 spiro atoms. The number of halogens is 2. The lowest BCUT2D eigenvalue weighted by molar-refractivity contribution is -0.133. The number of hydroxylamine groups is 5. The van der Waals surface area contributed by atoms with Crippen LogP contribution in [0.2, 0.25) is 10.0 Å². The molecule has 12 aromatic rings. The molecule has 0 radical (unpaired) electrons. The molecule has 11 N–H and O–H groups in total. The van der Waals surface area contributed by atoms with E-state index in [0.717, 1.165) is 73.4 Å². The molecule has 0 saturated carbocycles. The normalized spacial score (nSPS) is 13.4. The topological polar surface area (TPSA) is 402 Å². The summed E-state index contributed by atoms with van der Waals surface area (Å²) in [5.74, 6) is -3.11. The zero-order valence-corrected chi connectivity index (χ0v) is 79.1. The molecular formula is C100H127Cl2N15O16. The van der Waals surface area contributed by atoms with Crippen LogP contribution in [0.15, 0.2) is 237 Å². The molecule has 0 aliphatic carbocycles. The zero-order chi connectivity index (χ0) is 96.5. The SMILES string of the molecule is CO[C@H](CC(=O)NO)[C@H](Cc1ccc(C)cc1)c1cc(C)n(C)n1.CO[C@H](CC(=O)NO)[C@H](Cc1ccc(C)cc1)c1ccn(C(C)C)n1.CO[C@H](CC(=O)NO)[C@H](Cc1ccc(Cl)cc1)c1ccnn1-c1ccccc1.CO[C@H](CC(=O)NO)[C@H](Cc1ccc(Cl)cc1)c1ccnn1-c1ccccc1.Cc1ccc(C[C@H](c2ccnn2C(C)C)[C@@H](CC(=O)NO)OCCCO)cc1. The van der Waals surface area contributed by atoms with Gasteiger partial charge in [0, 0.05) is 137 Å². The van der Waals surface area contributed by atoms with Gasteiger partial charge in [0.1, 0.15) is 0 Å². The molecule has 0 unspecified atom stereocenters. The van der Waals surface area contributed by atoms with Crippen LogP contribution in [0.5, 0.6) is 0 Å². The molecule has 0 fully saturated rings. The van der Waals surface area contributed by atoms with E-state index in [4.69, 9.17) is 78.0 Å². The number of carbonyl (C=O) groups is 5. The predicted molar refractivity (Wildman–Crippen MR) is 506 cm³/mol. The number of hydrogen-bond donors (Lipinski definition) is 11. The molecule has 133 heavy (non-hydrogen) atoms. The number of benzene rings is 7. The summed E-state index contributed by atoms with van der Waals surface area (Å²) in [6.07, 6.45) is 9.01. The Morgan fingerprint density at radius 2 is 0.707 bits per heavy atom. The molecule has 5 heterocycles. The summed E-state index contributed by atoms with van der Waals surface area (Å²) in [5, 5.41) is 77.7. The number of hydrogen-bond acceptors (Lipinski definition) is 21. The minimum atomic E-state index is -0.501. The number of aliphatic hydroxyl groups is 1. The van der Waals surface area contributed by atoms with Crippen molar-refractivity contribution < 1.29 is 78.8 Å². The monoisotopic (exact) mass is 1860 g/mol. The first kappa shape index (κ1) is 106. The van der Waals surface area contributed by atoms with E-state index < -0.39 is 47.8 Å². The lowest BCUT2D eigenvalue weighted by Gasteiger charge is -2.28. The van der Waals surface area contributed by atoms with Gasteiger partial charge in [-0.25, -0.2) is 36.8 Å². The van der Waals surface area contributed by atoms with Gasteiger partial charge in [0.2, 0.25) is 29.5 Å². The van der Waals surface area contributed by atoms with Gasteiger partial charge in [-0.1, -0.05) is 173 Å². The highest BCUT2D eigenvalue weighted by molar-refractivity contribution is 6.30. The average molecular weight is 1870 g/mol. The van der Waals surface area contributed by atoms with Crippen molar-refractivity contribution in [2.24, 2.45) is 7.05 Å². The van der Waals surface area contributed by atoms with Crippen molar-refractivity contribution in [1.29, 1.82) is 0 Å². The second-order valence-electron chi connectivity index (χ2n) is 33.0. The number of aliphatic hydroxyl groups excluding tert-OH is 1. The van der Waals surface area contributed by atoms with Crippen LogP contribution in [0, 0.1) is 27.7 Å². The van der Waals surface area contributed by atoms with E-state index in [9.17, 15) is 24.0 Å². The first-order valence-electron chi connectivity index (χ1n) is 44.0. The summed E-state index contributed by atoms with van der Waals surface area (Å²) in [6.45, 7) is 16.7. The third-order valence-electron chi connectivity index (χ3n) is 22.8. The second kappa shape index (κ2) is 55.5. The Labute approximate surface area is 787 Å². The van der Waals surface area contributed by atoms with Gasteiger partial charge in [-0.3, -0.25) is 64.1 Å². The van der Waals surface area contributed by atoms with Crippen LogP contribution >= 0.6 is 23.2 Å². The quantitative estimate of drug-likeness (QED) is 0.00961. The minimum Gasteiger partial charge on any atom is -0.396 e. The lowest BCUT2D eigenvalue weighted by atomic mass is 9.88. The largest absolute Gasteiger partial charge is 0.396 e. The summed E-state index contributed by atoms with van der Waals surface area (Å²) < 4.78 is 37.8. The van der Waals surface area contributed by atoms with Crippen molar-refractivity contribution in [2.75, 3.05) is 41.7 Å². The molecule has 5 aromatic heterocycles. The minimum absolute atomic E-state index is 0.0156. The second-order valence-corrected chi connectivity index (χ2v) is 33.9. The standard InChI is InChI=1S/2C21H22ClN3O3.C21H31N3O4.C19H27N3O3.C18H25N3O3/c2*1-28-20(14-21(26)24-27)18(13-15-7-9-16(22)10-8-15)19-11-12-23-25(19)17-5-3-2-4-6-17;1-15(2)24-19(9-10-22-24)18(13-17-7-5-16(3)6-8-17)20(14-21(26)23-27)28-12-4-11-25;1-13(2)22-10-9-17(20-22)16(18(25-4)12-19(23)21-24)11-15-7-5-14(3)6-8-15;1-12-5-7-14(8-6-12)10-15(16-9-13(2)21(3)19-16)17(24-4)11-18(22)20-23/h2*2-12,18,20,27H,13-14H2,1H3,(H,24,26);5-10,15,18,20,25,27H,4,11-14H2,1-3H3,(H,23,26);5-10,13,16,18,24H,11-12H2,1-4H3,(H,21,23);5-9,15,17,23H,10-11H2,1-4H3,(H,20,22)/t3*18-,20-;16-,18-;15-,17-/m11111/s1. The van der Waals surface area contributed by atoms with Crippen LogP contribution in [-0.4, -0.2) is 182 Å². The molecule has 7 aromatic carbocycles. The van der Waals surface area contributed by atoms with Crippen molar-refractivity contribution in [3.8, 4) is 11.4 Å². The Kier molecular flexibility index (Phi) is 44.5. The fraction of sp³-hybridized carbons (Fsp3) is 0.380. The van der Waals surface area contributed by atoms with E-state index in [2.05, 4.69) is 133 Å². The highest BCUT2D eigenvalue weighted by Crippen LogP contribution is 2.36. The molecular weight excluding hydrogens is 1740 g/mol. The van der Waals surface area contributed by atoms with Gasteiger partial charge in [-0.2, -0.15) is 25.5 Å². The number of nitrogens with one attached hydrogen (secondary N) is 5.